The lowest BCUT2D eigenvalue weighted by molar-refractivity contribution is 0.251. The van der Waals surface area contributed by atoms with Crippen LogP contribution in [0.25, 0.3) is 10.9 Å². The molecule has 0 fully saturated rings. The number of hydrogen-bond donors (Lipinski definition) is 2. The highest BCUT2D eigenvalue weighted by molar-refractivity contribution is 5.90. The lowest BCUT2D eigenvalue weighted by Gasteiger charge is -2.09. The molecule has 0 radical (unpaired) electrons. The molecule has 3 aromatic rings. The van der Waals surface area contributed by atoms with Crippen LogP contribution < -0.4 is 10.6 Å². The molecule has 0 atom stereocenters. The van der Waals surface area contributed by atoms with Crippen molar-refractivity contribution in [2.75, 3.05) is 5.32 Å². The summed E-state index contributed by atoms with van der Waals surface area (Å²) in [6, 6.07) is 9.66. The zero-order chi connectivity index (χ0) is 17.1. The van der Waals surface area contributed by atoms with E-state index in [2.05, 4.69) is 20.7 Å². The second kappa shape index (κ2) is 6.70. The molecule has 124 valence electrons. The number of aryl methyl sites for hydroxylation is 2. The summed E-state index contributed by atoms with van der Waals surface area (Å²) < 4.78 is 1.88. The van der Waals surface area contributed by atoms with E-state index >= 15 is 0 Å². The Hall–Kier alpha value is -2.89. The van der Waals surface area contributed by atoms with Crippen molar-refractivity contribution in [2.45, 2.75) is 33.9 Å². The van der Waals surface area contributed by atoms with E-state index in [1.165, 1.54) is 0 Å². The average molecular weight is 323 g/mol. The van der Waals surface area contributed by atoms with Gasteiger partial charge in [-0.1, -0.05) is 12.1 Å². The first-order valence-corrected chi connectivity index (χ1v) is 8.01. The maximum Gasteiger partial charge on any atom is 0.319 e. The van der Waals surface area contributed by atoms with Gasteiger partial charge in [0.15, 0.2) is 0 Å². The van der Waals surface area contributed by atoms with Crippen LogP contribution in [0.4, 0.5) is 10.5 Å². The largest absolute Gasteiger partial charge is 0.334 e. The van der Waals surface area contributed by atoms with Crippen molar-refractivity contribution in [1.29, 1.82) is 0 Å². The molecular weight excluding hydrogens is 302 g/mol. The van der Waals surface area contributed by atoms with E-state index in [1.54, 1.807) is 6.20 Å². The molecule has 1 aromatic carbocycles. The highest BCUT2D eigenvalue weighted by Gasteiger charge is 2.13. The molecule has 0 spiro atoms. The predicted octanol–water partition coefficient (Wildman–Crippen LogP) is 3.39. The molecule has 24 heavy (non-hydrogen) atoms. The fourth-order valence-electron chi connectivity index (χ4n) is 2.76. The van der Waals surface area contributed by atoms with E-state index in [1.807, 2.05) is 55.8 Å². The fourth-order valence-corrected chi connectivity index (χ4v) is 2.76. The number of hydrogen-bond acceptors (Lipinski definition) is 3. The van der Waals surface area contributed by atoms with Gasteiger partial charge in [0.25, 0.3) is 0 Å². The molecule has 3 rings (SSSR count). The minimum Gasteiger partial charge on any atom is -0.334 e. The number of amides is 2. The van der Waals surface area contributed by atoms with Gasteiger partial charge in [-0.3, -0.25) is 9.67 Å². The lowest BCUT2D eigenvalue weighted by atomic mass is 10.1. The van der Waals surface area contributed by atoms with Crippen LogP contribution in [0.3, 0.4) is 0 Å². The Morgan fingerprint density at radius 1 is 1.25 bits per heavy atom. The molecule has 0 saturated heterocycles. The maximum absolute atomic E-state index is 12.2. The smallest absolute Gasteiger partial charge is 0.319 e. The Morgan fingerprint density at radius 3 is 2.83 bits per heavy atom. The third-order valence-electron chi connectivity index (χ3n) is 4.04. The van der Waals surface area contributed by atoms with Gasteiger partial charge < -0.3 is 10.6 Å². The number of pyridine rings is 1. The van der Waals surface area contributed by atoms with Gasteiger partial charge in [-0.15, -0.1) is 0 Å². The van der Waals surface area contributed by atoms with E-state index in [-0.39, 0.29) is 6.03 Å². The van der Waals surface area contributed by atoms with E-state index in [0.717, 1.165) is 40.1 Å². The van der Waals surface area contributed by atoms with Crippen LogP contribution in [-0.2, 0) is 13.1 Å². The van der Waals surface area contributed by atoms with E-state index < -0.39 is 0 Å². The number of nitrogens with one attached hydrogen (secondary N) is 2. The second-order valence-corrected chi connectivity index (χ2v) is 5.70. The van der Waals surface area contributed by atoms with Crippen molar-refractivity contribution < 1.29 is 4.79 Å². The highest BCUT2D eigenvalue weighted by Crippen LogP contribution is 2.19. The number of nitrogens with zero attached hydrogens (tertiary/aromatic N) is 3. The Labute approximate surface area is 140 Å². The predicted molar refractivity (Wildman–Crippen MR) is 95.0 cm³/mol. The molecule has 0 aliphatic heterocycles. The van der Waals surface area contributed by atoms with Gasteiger partial charge in [0.05, 0.1) is 22.6 Å². The van der Waals surface area contributed by atoms with Crippen molar-refractivity contribution in [3.8, 4) is 0 Å². The van der Waals surface area contributed by atoms with E-state index in [0.29, 0.717) is 6.54 Å². The summed E-state index contributed by atoms with van der Waals surface area (Å²) in [5.74, 6) is 0. The van der Waals surface area contributed by atoms with Gasteiger partial charge in [-0.05, 0) is 44.5 Å². The van der Waals surface area contributed by atoms with Gasteiger partial charge in [-0.25, -0.2) is 4.79 Å². The molecule has 2 amide bonds. The number of carbonyl (C=O) groups is 1. The number of fused-ring (bicyclic) bond motifs is 1. The molecule has 0 aliphatic carbocycles. The van der Waals surface area contributed by atoms with Crippen molar-refractivity contribution in [1.82, 2.24) is 20.1 Å². The molecular formula is C18H21N5O. The lowest BCUT2D eigenvalue weighted by Crippen LogP contribution is -2.28. The van der Waals surface area contributed by atoms with E-state index in [4.69, 9.17) is 0 Å². The van der Waals surface area contributed by atoms with Crippen molar-refractivity contribution in [3.63, 3.8) is 0 Å². The quantitative estimate of drug-likeness (QED) is 0.773. The molecule has 6 nitrogen and oxygen atoms in total. The zero-order valence-corrected chi connectivity index (χ0v) is 14.1. The van der Waals surface area contributed by atoms with Crippen molar-refractivity contribution >= 4 is 22.6 Å². The summed E-state index contributed by atoms with van der Waals surface area (Å²) in [5, 5.41) is 11.2. The normalized spacial score (nSPS) is 10.8. The summed E-state index contributed by atoms with van der Waals surface area (Å²) in [5.41, 5.74) is 4.53. The summed E-state index contributed by atoms with van der Waals surface area (Å²) in [4.78, 5) is 16.5. The average Bonchev–Trinajstić information content (AvgIpc) is 2.87. The highest BCUT2D eigenvalue weighted by atomic mass is 16.2. The number of aromatic nitrogens is 3. The fraction of sp³-hybridized carbons (Fsp3) is 0.278. The molecule has 0 aliphatic rings. The topological polar surface area (TPSA) is 71.8 Å². The number of carbonyl (C=O) groups excluding carboxylic acids is 1. The van der Waals surface area contributed by atoms with Crippen LogP contribution in [0.1, 0.15) is 23.9 Å². The zero-order valence-electron chi connectivity index (χ0n) is 14.1. The van der Waals surface area contributed by atoms with Crippen LogP contribution in [0.2, 0.25) is 0 Å². The van der Waals surface area contributed by atoms with Crippen LogP contribution in [0.15, 0.2) is 36.5 Å². The monoisotopic (exact) mass is 323 g/mol. The Bertz CT molecular complexity index is 884. The van der Waals surface area contributed by atoms with Gasteiger partial charge in [0.2, 0.25) is 0 Å². The standard InChI is InChI=1S/C18H21N5O/c1-4-23-13(3)17(12(2)22-23)21-18(24)20-11-14-7-8-16-15(10-14)6-5-9-19-16/h5-10H,4,11H2,1-3H3,(H2,20,21,24). The second-order valence-electron chi connectivity index (χ2n) is 5.70. The molecule has 0 saturated carbocycles. The van der Waals surface area contributed by atoms with Crippen LogP contribution in [-0.4, -0.2) is 20.8 Å². The first-order chi connectivity index (χ1) is 11.6. The molecule has 6 heteroatoms. The summed E-state index contributed by atoms with van der Waals surface area (Å²) in [6.45, 7) is 7.11. The van der Waals surface area contributed by atoms with Crippen LogP contribution in [0, 0.1) is 13.8 Å². The molecule has 2 N–H and O–H groups in total. The molecule has 0 unspecified atom stereocenters. The maximum atomic E-state index is 12.2. The molecule has 0 bridgehead atoms. The summed E-state index contributed by atoms with van der Waals surface area (Å²) >= 11 is 0. The first kappa shape index (κ1) is 16.0. The Morgan fingerprint density at radius 2 is 2.08 bits per heavy atom. The minimum absolute atomic E-state index is 0.233. The number of rotatable bonds is 4. The van der Waals surface area contributed by atoms with E-state index in [9.17, 15) is 4.79 Å². The summed E-state index contributed by atoms with van der Waals surface area (Å²) in [6.07, 6.45) is 1.77. The number of anilines is 1. The van der Waals surface area contributed by atoms with Gasteiger partial charge in [0.1, 0.15) is 0 Å². The van der Waals surface area contributed by atoms with Crippen molar-refractivity contribution in [2.24, 2.45) is 0 Å². The molecule has 2 heterocycles. The van der Waals surface area contributed by atoms with Gasteiger partial charge in [-0.2, -0.15) is 5.10 Å². The van der Waals surface area contributed by atoms with Crippen LogP contribution in [0.5, 0.6) is 0 Å². The first-order valence-electron chi connectivity index (χ1n) is 8.01. The Balaban J connectivity index is 1.65. The van der Waals surface area contributed by atoms with Crippen LogP contribution >= 0.6 is 0 Å². The third kappa shape index (κ3) is 3.22. The number of benzene rings is 1. The summed E-state index contributed by atoms with van der Waals surface area (Å²) in [7, 11) is 0. The van der Waals surface area contributed by atoms with Crippen molar-refractivity contribution in [3.05, 3.63) is 53.5 Å². The minimum atomic E-state index is -0.233. The van der Waals surface area contributed by atoms with Gasteiger partial charge in [0, 0.05) is 24.7 Å². The van der Waals surface area contributed by atoms with Gasteiger partial charge >= 0.3 is 6.03 Å². The third-order valence-corrected chi connectivity index (χ3v) is 4.04. The SMILES string of the molecule is CCn1nc(C)c(NC(=O)NCc2ccc3ncccc3c2)c1C. The Kier molecular flexibility index (Phi) is 4.46. The number of urea groups is 1. The molecule has 2 aromatic heterocycles.